The minimum atomic E-state index is -1.82. The maximum atomic E-state index is 9.10. The molecule has 3 rings (SSSR count). The topological polar surface area (TPSA) is 111 Å². The number of aliphatic carboxylic acids is 2. The van der Waals surface area contributed by atoms with Crippen LogP contribution in [0.4, 0.5) is 0 Å². The van der Waals surface area contributed by atoms with Crippen molar-refractivity contribution in [3.05, 3.63) is 89.0 Å². The van der Waals surface area contributed by atoms with Crippen molar-refractivity contribution in [3.63, 3.8) is 0 Å². The summed E-state index contributed by atoms with van der Waals surface area (Å²) >= 11 is 5.94. The number of carboxylic acid groups (broad SMARTS) is 2. The first kappa shape index (κ1) is 28.0. The Labute approximate surface area is 210 Å². The first-order chi connectivity index (χ1) is 16.5. The number of carbonyl (C=O) groups is 2. The van der Waals surface area contributed by atoms with Crippen LogP contribution in [-0.2, 0) is 44.2 Å². The highest BCUT2D eigenvalue weighted by Gasteiger charge is 2.14. The zero-order valence-electron chi connectivity index (χ0n) is 20.1. The summed E-state index contributed by atoms with van der Waals surface area (Å²) in [4.78, 5) is 22.3. The van der Waals surface area contributed by atoms with Gasteiger partial charge in [-0.25, -0.2) is 14.6 Å². The van der Waals surface area contributed by atoms with Gasteiger partial charge in [0.1, 0.15) is 0 Å². The third-order valence-corrected chi connectivity index (χ3v) is 5.20. The molecule has 8 nitrogen and oxygen atoms in total. The summed E-state index contributed by atoms with van der Waals surface area (Å²) in [7, 11) is 0. The number of hydrogen-bond acceptors (Lipinski definition) is 5. The predicted molar refractivity (Wildman–Crippen MR) is 132 cm³/mol. The standard InChI is InChI=1S/C24H29ClN2O2.C2H2O4/c1-24(2,3)21-8-4-20(5-9-21)16-29-23(14-27-13-12-26-18-27)17-28-15-19-6-10-22(25)11-7-19;3-1(4)2(5)6/h4-13,18,23H,14-17H2,1-3H3;(H,3,4)(H,5,6). The monoisotopic (exact) mass is 502 g/mol. The summed E-state index contributed by atoms with van der Waals surface area (Å²) in [6, 6.07) is 16.4. The number of rotatable bonds is 9. The van der Waals surface area contributed by atoms with Crippen LogP contribution in [0.5, 0.6) is 0 Å². The number of hydrogen-bond donors (Lipinski definition) is 2. The van der Waals surface area contributed by atoms with Gasteiger partial charge >= 0.3 is 11.9 Å². The Morgan fingerprint density at radius 1 is 0.971 bits per heavy atom. The molecule has 0 saturated heterocycles. The molecule has 2 aromatic carbocycles. The fraction of sp³-hybridized carbons (Fsp3) is 0.346. The first-order valence-corrected chi connectivity index (χ1v) is 11.4. The Morgan fingerprint density at radius 2 is 1.54 bits per heavy atom. The Morgan fingerprint density at radius 3 is 2.06 bits per heavy atom. The molecule has 3 aromatic rings. The van der Waals surface area contributed by atoms with Gasteiger partial charge in [0.15, 0.2) is 0 Å². The van der Waals surface area contributed by atoms with E-state index in [4.69, 9.17) is 40.9 Å². The number of nitrogens with zero attached hydrogens (tertiary/aromatic N) is 2. The van der Waals surface area contributed by atoms with Gasteiger partial charge in [-0.3, -0.25) is 0 Å². The average molecular weight is 503 g/mol. The van der Waals surface area contributed by atoms with Crippen molar-refractivity contribution >= 4 is 23.5 Å². The van der Waals surface area contributed by atoms with E-state index < -0.39 is 11.9 Å². The summed E-state index contributed by atoms with van der Waals surface area (Å²) < 4.78 is 14.1. The Hall–Kier alpha value is -3.20. The summed E-state index contributed by atoms with van der Waals surface area (Å²) in [5, 5.41) is 15.5. The van der Waals surface area contributed by atoms with Crippen LogP contribution in [-0.4, -0.2) is 44.4 Å². The molecule has 188 valence electrons. The maximum absolute atomic E-state index is 9.10. The molecule has 0 spiro atoms. The molecular weight excluding hydrogens is 472 g/mol. The van der Waals surface area contributed by atoms with Crippen LogP contribution in [0, 0.1) is 0 Å². The first-order valence-electron chi connectivity index (χ1n) is 11.0. The normalized spacial score (nSPS) is 11.9. The Kier molecular flexibility index (Phi) is 10.9. The van der Waals surface area contributed by atoms with E-state index in [0.717, 1.165) is 16.1 Å². The molecule has 1 heterocycles. The van der Waals surface area contributed by atoms with Crippen LogP contribution < -0.4 is 0 Å². The van der Waals surface area contributed by atoms with Crippen LogP contribution >= 0.6 is 11.6 Å². The molecule has 0 fully saturated rings. The third-order valence-electron chi connectivity index (χ3n) is 4.95. The van der Waals surface area contributed by atoms with E-state index in [0.29, 0.717) is 26.4 Å². The number of halogens is 1. The zero-order valence-corrected chi connectivity index (χ0v) is 20.8. The number of aromatic nitrogens is 2. The van der Waals surface area contributed by atoms with E-state index in [1.54, 1.807) is 12.5 Å². The van der Waals surface area contributed by atoms with Crippen molar-refractivity contribution in [3.8, 4) is 0 Å². The average Bonchev–Trinajstić information content (AvgIpc) is 3.32. The highest BCUT2D eigenvalue weighted by molar-refractivity contribution is 6.30. The van der Waals surface area contributed by atoms with Gasteiger partial charge < -0.3 is 24.3 Å². The summed E-state index contributed by atoms with van der Waals surface area (Å²) in [5.41, 5.74) is 3.72. The van der Waals surface area contributed by atoms with Gasteiger partial charge in [-0.2, -0.15) is 0 Å². The molecule has 0 aliphatic heterocycles. The molecule has 1 atom stereocenters. The van der Waals surface area contributed by atoms with E-state index in [-0.39, 0.29) is 11.5 Å². The van der Waals surface area contributed by atoms with Gasteiger partial charge in [-0.1, -0.05) is 68.8 Å². The second-order valence-electron chi connectivity index (χ2n) is 8.89. The van der Waals surface area contributed by atoms with Gasteiger partial charge in [0, 0.05) is 17.4 Å². The van der Waals surface area contributed by atoms with Crippen molar-refractivity contribution in [1.82, 2.24) is 9.55 Å². The summed E-state index contributed by atoms with van der Waals surface area (Å²) in [5.74, 6) is -3.65. The molecule has 1 aromatic heterocycles. The molecule has 0 saturated carbocycles. The zero-order chi connectivity index (χ0) is 25.8. The maximum Gasteiger partial charge on any atom is 0.414 e. The molecule has 35 heavy (non-hydrogen) atoms. The third kappa shape index (κ3) is 10.7. The number of benzene rings is 2. The van der Waals surface area contributed by atoms with Crippen molar-refractivity contribution in [2.24, 2.45) is 0 Å². The van der Waals surface area contributed by atoms with Crippen LogP contribution in [0.2, 0.25) is 5.02 Å². The number of imidazole rings is 1. The predicted octanol–water partition coefficient (Wildman–Crippen LogP) is 4.79. The lowest BCUT2D eigenvalue weighted by Crippen LogP contribution is -2.25. The van der Waals surface area contributed by atoms with Gasteiger partial charge in [0.05, 0.1) is 38.8 Å². The van der Waals surface area contributed by atoms with Crippen LogP contribution in [0.1, 0.15) is 37.5 Å². The molecule has 2 N–H and O–H groups in total. The molecule has 0 bridgehead atoms. The Balaban J connectivity index is 0.000000641. The minimum Gasteiger partial charge on any atom is -0.473 e. The lowest BCUT2D eigenvalue weighted by Gasteiger charge is -2.21. The van der Waals surface area contributed by atoms with Crippen LogP contribution in [0.25, 0.3) is 0 Å². The number of ether oxygens (including phenoxy) is 2. The van der Waals surface area contributed by atoms with Crippen LogP contribution in [0.3, 0.4) is 0 Å². The lowest BCUT2D eigenvalue weighted by atomic mass is 9.87. The van der Waals surface area contributed by atoms with Crippen molar-refractivity contribution in [1.29, 1.82) is 0 Å². The fourth-order valence-electron chi connectivity index (χ4n) is 2.99. The summed E-state index contributed by atoms with van der Waals surface area (Å²) in [6.45, 7) is 8.93. The molecule has 0 aliphatic carbocycles. The molecule has 1 unspecified atom stereocenters. The smallest absolute Gasteiger partial charge is 0.414 e. The van der Waals surface area contributed by atoms with Gasteiger partial charge in [-0.15, -0.1) is 0 Å². The highest BCUT2D eigenvalue weighted by Crippen LogP contribution is 2.22. The van der Waals surface area contributed by atoms with E-state index in [9.17, 15) is 0 Å². The molecule has 0 aliphatic rings. The van der Waals surface area contributed by atoms with E-state index >= 15 is 0 Å². The Bertz CT molecular complexity index is 1030. The van der Waals surface area contributed by atoms with Gasteiger partial charge in [0.2, 0.25) is 0 Å². The molecule has 0 amide bonds. The van der Waals surface area contributed by atoms with Gasteiger partial charge in [0.25, 0.3) is 0 Å². The van der Waals surface area contributed by atoms with Crippen LogP contribution in [0.15, 0.2) is 67.3 Å². The summed E-state index contributed by atoms with van der Waals surface area (Å²) in [6.07, 6.45) is 5.44. The molecule has 9 heteroatoms. The quantitative estimate of drug-likeness (QED) is 0.404. The second kappa shape index (κ2) is 13.6. The SMILES string of the molecule is CC(C)(C)c1ccc(COC(COCc2ccc(Cl)cc2)Cn2ccnc2)cc1.O=C(O)C(=O)O. The fourth-order valence-corrected chi connectivity index (χ4v) is 3.11. The van der Waals surface area contributed by atoms with Crippen molar-refractivity contribution < 1.29 is 29.3 Å². The van der Waals surface area contributed by atoms with Gasteiger partial charge in [-0.05, 0) is 34.2 Å². The second-order valence-corrected chi connectivity index (χ2v) is 9.33. The highest BCUT2D eigenvalue weighted by atomic mass is 35.5. The van der Waals surface area contributed by atoms with E-state index in [2.05, 4.69) is 50.0 Å². The molecular formula is C26H31ClN2O6. The van der Waals surface area contributed by atoms with Crippen molar-refractivity contribution in [2.75, 3.05) is 6.61 Å². The minimum absolute atomic E-state index is 0.0706. The van der Waals surface area contributed by atoms with E-state index in [1.165, 1.54) is 5.56 Å². The largest absolute Gasteiger partial charge is 0.473 e. The lowest BCUT2D eigenvalue weighted by molar-refractivity contribution is -0.159. The van der Waals surface area contributed by atoms with E-state index in [1.807, 2.05) is 35.0 Å². The van der Waals surface area contributed by atoms with Crippen molar-refractivity contribution in [2.45, 2.75) is 52.0 Å². The number of carboxylic acids is 2. The molecule has 0 radical (unpaired) electrons.